The maximum atomic E-state index is 9.20. The lowest BCUT2D eigenvalue weighted by Crippen LogP contribution is -2.49. The van der Waals surface area contributed by atoms with Crippen LogP contribution in [-0.2, 0) is 4.74 Å². The van der Waals surface area contributed by atoms with Gasteiger partial charge < -0.3 is 24.9 Å². The molecule has 0 spiro atoms. The molecule has 19 heavy (non-hydrogen) atoms. The summed E-state index contributed by atoms with van der Waals surface area (Å²) < 4.78 is 11.3. The molecule has 1 saturated heterocycles. The Morgan fingerprint density at radius 3 is 3.16 bits per heavy atom. The smallest absolute Gasteiger partial charge is 0.298 e. The minimum atomic E-state index is -0.198. The van der Waals surface area contributed by atoms with Crippen molar-refractivity contribution >= 4 is 22.8 Å². The van der Waals surface area contributed by atoms with E-state index in [-0.39, 0.29) is 18.8 Å². The van der Waals surface area contributed by atoms with Crippen molar-refractivity contribution < 1.29 is 14.3 Å². The number of hydrogen-bond donors (Lipinski definition) is 2. The second kappa shape index (κ2) is 4.71. The molecule has 1 aliphatic rings. The Morgan fingerprint density at radius 2 is 2.37 bits per heavy atom. The van der Waals surface area contributed by atoms with E-state index < -0.39 is 0 Å². The maximum absolute atomic E-state index is 9.20. The van der Waals surface area contributed by atoms with Crippen LogP contribution in [0.25, 0.3) is 11.1 Å². The number of hydrogen-bond acceptors (Lipinski definition) is 6. The fourth-order valence-electron chi connectivity index (χ4n) is 2.25. The van der Waals surface area contributed by atoms with Gasteiger partial charge in [0.25, 0.3) is 6.01 Å². The Bertz CT molecular complexity index is 584. The minimum Gasteiger partial charge on any atom is -0.423 e. The average Bonchev–Trinajstić information content (AvgIpc) is 2.82. The topological polar surface area (TPSA) is 84.8 Å². The Kier molecular flexibility index (Phi) is 3.04. The summed E-state index contributed by atoms with van der Waals surface area (Å²) in [6.45, 7) is 3.15. The first-order valence-corrected chi connectivity index (χ1v) is 6.32. The molecule has 0 bridgehead atoms. The molecule has 102 valence electrons. The van der Waals surface area contributed by atoms with Gasteiger partial charge in [-0.25, -0.2) is 0 Å². The molecule has 6 nitrogen and oxygen atoms in total. The number of nitrogens with two attached hydrogens (primary N) is 1. The number of aliphatic hydroxyl groups is 1. The molecule has 2 heterocycles. The number of aromatic nitrogens is 1. The summed E-state index contributed by atoms with van der Waals surface area (Å²) >= 11 is 0. The van der Waals surface area contributed by atoms with Crippen molar-refractivity contribution in [2.45, 2.75) is 19.1 Å². The SMILES string of the molecule is CC1COC(CO)CN1c1nc2ccc(N)cc2o1. The zero-order chi connectivity index (χ0) is 13.4. The van der Waals surface area contributed by atoms with E-state index in [0.717, 1.165) is 5.52 Å². The third-order valence-electron chi connectivity index (χ3n) is 3.36. The van der Waals surface area contributed by atoms with Gasteiger partial charge in [-0.05, 0) is 19.1 Å². The van der Waals surface area contributed by atoms with Crippen molar-refractivity contribution in [3.8, 4) is 0 Å². The van der Waals surface area contributed by atoms with Gasteiger partial charge in [0.1, 0.15) is 5.52 Å². The summed E-state index contributed by atoms with van der Waals surface area (Å²) in [6.07, 6.45) is -0.198. The van der Waals surface area contributed by atoms with Crippen molar-refractivity contribution in [2.75, 3.05) is 30.4 Å². The van der Waals surface area contributed by atoms with Gasteiger partial charge in [0.05, 0.1) is 31.9 Å². The summed E-state index contributed by atoms with van der Waals surface area (Å²) in [7, 11) is 0. The molecule has 1 aromatic heterocycles. The van der Waals surface area contributed by atoms with Gasteiger partial charge in [0, 0.05) is 11.8 Å². The lowest BCUT2D eigenvalue weighted by molar-refractivity contribution is -0.0117. The lowest BCUT2D eigenvalue weighted by atomic mass is 10.2. The van der Waals surface area contributed by atoms with Crippen LogP contribution in [0.4, 0.5) is 11.7 Å². The summed E-state index contributed by atoms with van der Waals surface area (Å²) in [4.78, 5) is 6.48. The van der Waals surface area contributed by atoms with Crippen LogP contribution < -0.4 is 10.6 Å². The predicted molar refractivity (Wildman–Crippen MR) is 72.1 cm³/mol. The summed E-state index contributed by atoms with van der Waals surface area (Å²) in [5.41, 5.74) is 7.84. The van der Waals surface area contributed by atoms with Crippen molar-refractivity contribution in [3.05, 3.63) is 18.2 Å². The van der Waals surface area contributed by atoms with Crippen LogP contribution >= 0.6 is 0 Å². The van der Waals surface area contributed by atoms with Crippen molar-refractivity contribution in [3.63, 3.8) is 0 Å². The van der Waals surface area contributed by atoms with Crippen LogP contribution in [0.1, 0.15) is 6.92 Å². The van der Waals surface area contributed by atoms with Crippen molar-refractivity contribution in [1.29, 1.82) is 0 Å². The van der Waals surface area contributed by atoms with Crippen LogP contribution in [0.2, 0.25) is 0 Å². The van der Waals surface area contributed by atoms with Gasteiger partial charge in [0.15, 0.2) is 5.58 Å². The molecular weight excluding hydrogens is 246 g/mol. The molecule has 2 unspecified atom stereocenters. The van der Waals surface area contributed by atoms with E-state index in [1.165, 1.54) is 0 Å². The first-order chi connectivity index (χ1) is 9.17. The summed E-state index contributed by atoms with van der Waals surface area (Å²) in [6, 6.07) is 6.11. The highest BCUT2D eigenvalue weighted by Gasteiger charge is 2.28. The van der Waals surface area contributed by atoms with Gasteiger partial charge in [-0.2, -0.15) is 4.98 Å². The first-order valence-electron chi connectivity index (χ1n) is 6.32. The zero-order valence-corrected chi connectivity index (χ0v) is 10.7. The van der Waals surface area contributed by atoms with Crippen LogP contribution in [0.5, 0.6) is 0 Å². The van der Waals surface area contributed by atoms with Crippen LogP contribution in [0, 0.1) is 0 Å². The second-order valence-corrected chi connectivity index (χ2v) is 4.86. The molecule has 1 aliphatic heterocycles. The van der Waals surface area contributed by atoms with Gasteiger partial charge >= 0.3 is 0 Å². The molecule has 0 saturated carbocycles. The van der Waals surface area contributed by atoms with Crippen molar-refractivity contribution in [2.24, 2.45) is 0 Å². The molecule has 3 N–H and O–H groups in total. The number of anilines is 2. The quantitative estimate of drug-likeness (QED) is 0.786. The molecule has 2 atom stereocenters. The molecule has 1 aromatic carbocycles. The first kappa shape index (κ1) is 12.3. The highest BCUT2D eigenvalue weighted by atomic mass is 16.5. The Hall–Kier alpha value is -1.79. The average molecular weight is 263 g/mol. The number of aliphatic hydroxyl groups excluding tert-OH is 1. The minimum absolute atomic E-state index is 0.00357. The summed E-state index contributed by atoms with van der Waals surface area (Å²) in [5, 5.41) is 9.20. The van der Waals surface area contributed by atoms with E-state index in [2.05, 4.69) is 4.98 Å². The molecule has 0 radical (unpaired) electrons. The second-order valence-electron chi connectivity index (χ2n) is 4.86. The van der Waals surface area contributed by atoms with Gasteiger partial charge in [-0.15, -0.1) is 0 Å². The van der Waals surface area contributed by atoms with Crippen LogP contribution in [0.3, 0.4) is 0 Å². The maximum Gasteiger partial charge on any atom is 0.298 e. The molecule has 3 rings (SSSR count). The number of benzene rings is 1. The fourth-order valence-corrected chi connectivity index (χ4v) is 2.25. The predicted octanol–water partition coefficient (Wildman–Crippen LogP) is 0.996. The van der Waals surface area contributed by atoms with Crippen LogP contribution in [-0.4, -0.2) is 42.0 Å². The molecule has 0 amide bonds. The number of rotatable bonds is 2. The molecule has 1 fully saturated rings. The Morgan fingerprint density at radius 1 is 1.53 bits per heavy atom. The standard InChI is InChI=1S/C13H17N3O3/c1-8-7-18-10(6-17)5-16(8)13-15-11-3-2-9(14)4-12(11)19-13/h2-4,8,10,17H,5-7,14H2,1H3. The van der Waals surface area contributed by atoms with Gasteiger partial charge in [-0.1, -0.05) is 0 Å². The number of oxazole rings is 1. The number of nitrogen functional groups attached to an aromatic ring is 1. The van der Waals surface area contributed by atoms with E-state index in [0.29, 0.717) is 30.4 Å². The highest BCUT2D eigenvalue weighted by molar-refractivity contribution is 5.78. The number of fused-ring (bicyclic) bond motifs is 1. The molecule has 2 aromatic rings. The summed E-state index contributed by atoms with van der Waals surface area (Å²) in [5.74, 6) is 0. The monoisotopic (exact) mass is 263 g/mol. The fraction of sp³-hybridized carbons (Fsp3) is 0.462. The van der Waals surface area contributed by atoms with Gasteiger partial charge in [-0.3, -0.25) is 0 Å². The van der Waals surface area contributed by atoms with E-state index >= 15 is 0 Å². The van der Waals surface area contributed by atoms with Crippen molar-refractivity contribution in [1.82, 2.24) is 4.98 Å². The Balaban J connectivity index is 1.93. The van der Waals surface area contributed by atoms with E-state index in [9.17, 15) is 5.11 Å². The highest BCUT2D eigenvalue weighted by Crippen LogP contribution is 2.26. The third kappa shape index (κ3) is 2.24. The molecule has 0 aliphatic carbocycles. The zero-order valence-electron chi connectivity index (χ0n) is 10.7. The number of nitrogens with zero attached hydrogens (tertiary/aromatic N) is 2. The number of morpholine rings is 1. The largest absolute Gasteiger partial charge is 0.423 e. The third-order valence-corrected chi connectivity index (χ3v) is 3.36. The lowest BCUT2D eigenvalue weighted by Gasteiger charge is -2.36. The van der Waals surface area contributed by atoms with E-state index in [1.807, 2.05) is 17.9 Å². The molecular formula is C13H17N3O3. The van der Waals surface area contributed by atoms with E-state index in [4.69, 9.17) is 14.9 Å². The van der Waals surface area contributed by atoms with E-state index in [1.54, 1.807) is 12.1 Å². The number of ether oxygens (including phenoxy) is 1. The Labute approximate surface area is 110 Å². The van der Waals surface area contributed by atoms with Crippen LogP contribution in [0.15, 0.2) is 22.6 Å². The van der Waals surface area contributed by atoms with Gasteiger partial charge in [0.2, 0.25) is 0 Å². The normalized spacial score (nSPS) is 24.0. The molecule has 6 heteroatoms.